The molecule has 1 saturated heterocycles. The second-order valence-electron chi connectivity index (χ2n) is 7.72. The Kier molecular flexibility index (Phi) is 5.99. The van der Waals surface area contributed by atoms with Gasteiger partial charge in [-0.05, 0) is 60.2 Å². The van der Waals surface area contributed by atoms with Crippen LogP contribution in [-0.4, -0.2) is 71.0 Å². The molecule has 0 saturated carbocycles. The Hall–Kier alpha value is -2.17. The van der Waals surface area contributed by atoms with E-state index < -0.39 is 0 Å². The molecule has 0 aliphatic carbocycles. The van der Waals surface area contributed by atoms with Crippen molar-refractivity contribution < 1.29 is 14.7 Å². The lowest BCUT2D eigenvalue weighted by molar-refractivity contribution is -0.110. The number of hydrogen-bond acceptors (Lipinski definition) is 4. The summed E-state index contributed by atoms with van der Waals surface area (Å²) in [5.41, 5.74) is 5.42. The van der Waals surface area contributed by atoms with Crippen molar-refractivity contribution in [3.63, 3.8) is 0 Å². The van der Waals surface area contributed by atoms with E-state index in [1.54, 1.807) is 0 Å². The molecule has 158 valence electrons. The summed E-state index contributed by atoms with van der Waals surface area (Å²) < 4.78 is 1.06. The number of hydrogen-bond donors (Lipinski definition) is 3. The first kappa shape index (κ1) is 21.1. The molecule has 3 N–H and O–H groups in total. The highest BCUT2D eigenvalue weighted by molar-refractivity contribution is 14.1. The number of carbonyl (C=O) groups is 2. The average molecular weight is 520 g/mol. The summed E-state index contributed by atoms with van der Waals surface area (Å²) in [4.78, 5) is 33.0. The Morgan fingerprint density at radius 2 is 1.97 bits per heavy atom. The topological polar surface area (TPSA) is 88.7 Å². The first-order valence-electron chi connectivity index (χ1n) is 10.0. The van der Waals surface area contributed by atoms with Crippen molar-refractivity contribution in [1.29, 1.82) is 0 Å². The SMILES string of the molecule is Cc1[nH]c(/C=C2\C(=O)Nc3cc(I)ccc32)c(C)c1C(=O)N1CCN(CCO)CC1. The summed E-state index contributed by atoms with van der Waals surface area (Å²) in [6.07, 6.45) is 1.84. The average Bonchev–Trinajstić information content (AvgIpc) is 3.17. The number of nitrogens with one attached hydrogen (secondary N) is 2. The van der Waals surface area contributed by atoms with Crippen LogP contribution in [0.15, 0.2) is 18.2 Å². The lowest BCUT2D eigenvalue weighted by atomic mass is 10.0. The lowest BCUT2D eigenvalue weighted by Crippen LogP contribution is -2.49. The number of anilines is 1. The van der Waals surface area contributed by atoms with Crippen LogP contribution in [0.2, 0.25) is 0 Å². The zero-order chi connectivity index (χ0) is 21.4. The molecule has 7 nitrogen and oxygen atoms in total. The van der Waals surface area contributed by atoms with Gasteiger partial charge < -0.3 is 20.3 Å². The van der Waals surface area contributed by atoms with E-state index in [0.29, 0.717) is 30.8 Å². The van der Waals surface area contributed by atoms with Gasteiger partial charge in [-0.3, -0.25) is 14.5 Å². The molecule has 0 bridgehead atoms. The molecule has 1 aromatic heterocycles. The third kappa shape index (κ3) is 3.91. The Morgan fingerprint density at radius 3 is 2.67 bits per heavy atom. The van der Waals surface area contributed by atoms with Crippen molar-refractivity contribution in [2.75, 3.05) is 44.6 Å². The van der Waals surface area contributed by atoms with Crippen molar-refractivity contribution >= 4 is 51.7 Å². The van der Waals surface area contributed by atoms with E-state index in [9.17, 15) is 9.59 Å². The summed E-state index contributed by atoms with van der Waals surface area (Å²) in [7, 11) is 0. The van der Waals surface area contributed by atoms with Gasteiger partial charge in [0.05, 0.1) is 23.4 Å². The number of aliphatic hydroxyl groups excluding tert-OH is 1. The third-order valence-electron chi connectivity index (χ3n) is 5.82. The third-order valence-corrected chi connectivity index (χ3v) is 6.49. The quantitative estimate of drug-likeness (QED) is 0.427. The first-order valence-corrected chi connectivity index (χ1v) is 11.1. The minimum atomic E-state index is -0.133. The van der Waals surface area contributed by atoms with E-state index in [1.807, 2.05) is 43.0 Å². The van der Waals surface area contributed by atoms with E-state index in [0.717, 1.165) is 44.9 Å². The molecule has 1 aromatic carbocycles. The largest absolute Gasteiger partial charge is 0.395 e. The van der Waals surface area contributed by atoms with E-state index in [-0.39, 0.29) is 18.4 Å². The van der Waals surface area contributed by atoms with Crippen molar-refractivity contribution in [3.8, 4) is 0 Å². The summed E-state index contributed by atoms with van der Waals surface area (Å²) >= 11 is 2.22. The molecule has 0 radical (unpaired) electrons. The molecular weight excluding hydrogens is 495 g/mol. The molecule has 3 heterocycles. The van der Waals surface area contributed by atoms with E-state index in [2.05, 4.69) is 37.8 Å². The van der Waals surface area contributed by atoms with Crippen molar-refractivity contribution in [2.24, 2.45) is 0 Å². The first-order chi connectivity index (χ1) is 14.4. The van der Waals surface area contributed by atoms with Crippen LogP contribution in [0.4, 0.5) is 5.69 Å². The summed E-state index contributed by atoms with van der Waals surface area (Å²) in [6, 6.07) is 5.88. The molecule has 0 atom stereocenters. The zero-order valence-electron chi connectivity index (χ0n) is 17.1. The van der Waals surface area contributed by atoms with Crippen molar-refractivity contribution in [2.45, 2.75) is 13.8 Å². The Balaban J connectivity index is 1.60. The fourth-order valence-electron chi connectivity index (χ4n) is 4.17. The van der Waals surface area contributed by atoms with Crippen LogP contribution >= 0.6 is 22.6 Å². The minimum Gasteiger partial charge on any atom is -0.395 e. The number of amides is 2. The second-order valence-corrected chi connectivity index (χ2v) is 8.97. The van der Waals surface area contributed by atoms with Gasteiger partial charge in [0.25, 0.3) is 11.8 Å². The molecule has 8 heteroatoms. The van der Waals surface area contributed by atoms with Gasteiger partial charge in [0.2, 0.25) is 0 Å². The Labute approximate surface area is 189 Å². The van der Waals surface area contributed by atoms with Gasteiger partial charge in [0.1, 0.15) is 0 Å². The zero-order valence-corrected chi connectivity index (χ0v) is 19.2. The maximum atomic E-state index is 13.2. The van der Waals surface area contributed by atoms with E-state index in [1.165, 1.54) is 0 Å². The fraction of sp³-hybridized carbons (Fsp3) is 0.364. The molecule has 2 aliphatic heterocycles. The van der Waals surface area contributed by atoms with Crippen LogP contribution in [0.3, 0.4) is 0 Å². The van der Waals surface area contributed by atoms with E-state index in [4.69, 9.17) is 5.11 Å². The van der Waals surface area contributed by atoms with Gasteiger partial charge in [0, 0.05) is 53.2 Å². The molecule has 30 heavy (non-hydrogen) atoms. The lowest BCUT2D eigenvalue weighted by Gasteiger charge is -2.34. The number of benzene rings is 1. The number of aliphatic hydroxyl groups is 1. The molecule has 4 rings (SSSR count). The van der Waals surface area contributed by atoms with Gasteiger partial charge in [-0.15, -0.1) is 0 Å². The number of H-pyrrole nitrogens is 1. The van der Waals surface area contributed by atoms with Crippen molar-refractivity contribution in [1.82, 2.24) is 14.8 Å². The molecule has 0 spiro atoms. The van der Waals surface area contributed by atoms with Crippen LogP contribution in [-0.2, 0) is 4.79 Å². The molecule has 0 unspecified atom stereocenters. The number of carbonyl (C=O) groups excluding carboxylic acids is 2. The smallest absolute Gasteiger partial charge is 0.256 e. The minimum absolute atomic E-state index is 0.0142. The number of halogens is 1. The molecule has 2 amide bonds. The summed E-state index contributed by atoms with van der Waals surface area (Å²) in [5.74, 6) is -0.119. The molecule has 1 fully saturated rings. The number of aromatic amines is 1. The summed E-state index contributed by atoms with van der Waals surface area (Å²) in [6.45, 7) is 7.43. The number of β-amino-alcohol motifs (C(OH)–C–C–N with tert-alkyl or cyclic N) is 1. The number of piperazine rings is 1. The predicted octanol–water partition coefficient (Wildman–Crippen LogP) is 2.48. The van der Waals surface area contributed by atoms with Gasteiger partial charge in [-0.1, -0.05) is 6.07 Å². The van der Waals surface area contributed by atoms with Gasteiger partial charge in [-0.2, -0.15) is 0 Å². The highest BCUT2D eigenvalue weighted by atomic mass is 127. The number of rotatable bonds is 4. The number of fused-ring (bicyclic) bond motifs is 1. The van der Waals surface area contributed by atoms with Crippen LogP contribution in [0.25, 0.3) is 11.6 Å². The number of aromatic nitrogens is 1. The monoisotopic (exact) mass is 520 g/mol. The maximum Gasteiger partial charge on any atom is 0.256 e. The fourth-order valence-corrected chi connectivity index (χ4v) is 4.66. The standard InChI is InChI=1S/C22H25IN4O3/c1-13-18(12-17-16-4-3-15(23)11-19(16)25-21(17)29)24-14(2)20(13)22(30)27-7-5-26(6-8-27)9-10-28/h3-4,11-12,24,28H,5-10H2,1-2H3,(H,25,29)/b17-12-. The van der Waals surface area contributed by atoms with Crippen molar-refractivity contribution in [3.05, 3.63) is 49.8 Å². The van der Waals surface area contributed by atoms with Gasteiger partial charge in [-0.25, -0.2) is 0 Å². The van der Waals surface area contributed by atoms with Gasteiger partial charge in [0.15, 0.2) is 0 Å². The molecule has 2 aliphatic rings. The predicted molar refractivity (Wildman–Crippen MR) is 125 cm³/mol. The number of nitrogens with zero attached hydrogens (tertiary/aromatic N) is 2. The highest BCUT2D eigenvalue weighted by Gasteiger charge is 2.28. The maximum absolute atomic E-state index is 13.2. The number of aryl methyl sites for hydroxylation is 1. The Morgan fingerprint density at radius 1 is 1.23 bits per heavy atom. The highest BCUT2D eigenvalue weighted by Crippen LogP contribution is 2.35. The Bertz CT molecular complexity index is 1040. The second kappa shape index (κ2) is 8.52. The van der Waals surface area contributed by atoms with Crippen LogP contribution in [0, 0.1) is 17.4 Å². The van der Waals surface area contributed by atoms with Crippen LogP contribution in [0.5, 0.6) is 0 Å². The van der Waals surface area contributed by atoms with Gasteiger partial charge >= 0.3 is 0 Å². The van der Waals surface area contributed by atoms with E-state index >= 15 is 0 Å². The normalized spacial score (nSPS) is 18.1. The van der Waals surface area contributed by atoms with Crippen LogP contribution < -0.4 is 5.32 Å². The molecule has 2 aromatic rings. The summed E-state index contributed by atoms with van der Waals surface area (Å²) in [5, 5.41) is 12.0. The van der Waals surface area contributed by atoms with Crippen LogP contribution in [0.1, 0.15) is 32.9 Å². The molecular formula is C22H25IN4O3.